The number of nitrogens with zero attached hydrogens (tertiary/aromatic N) is 2. The fourth-order valence-corrected chi connectivity index (χ4v) is 4.54. The van der Waals surface area contributed by atoms with E-state index in [1.54, 1.807) is 7.11 Å². The molecular weight excluding hydrogens is 366 g/mol. The number of anilines is 1. The van der Waals surface area contributed by atoms with Crippen LogP contribution in [0.25, 0.3) is 10.9 Å². The van der Waals surface area contributed by atoms with Gasteiger partial charge in [0, 0.05) is 48.9 Å². The minimum atomic E-state index is 0.456. The van der Waals surface area contributed by atoms with Crippen LogP contribution in [-0.2, 0) is 17.7 Å². The van der Waals surface area contributed by atoms with Gasteiger partial charge in [-0.2, -0.15) is 5.06 Å². The maximum atomic E-state index is 6.22. The Morgan fingerprint density at radius 1 is 1.17 bits per heavy atom. The lowest BCUT2D eigenvalue weighted by atomic mass is 10.1. The Labute approximate surface area is 172 Å². The molecule has 6 heteroatoms. The average Bonchev–Trinajstić information content (AvgIpc) is 3.44. The number of ether oxygens (including phenoxy) is 2. The first kappa shape index (κ1) is 18.9. The largest absolute Gasteiger partial charge is 0.493 e. The zero-order valence-electron chi connectivity index (χ0n) is 17.5. The zero-order chi connectivity index (χ0) is 19.8. The Morgan fingerprint density at radius 3 is 2.86 bits per heavy atom. The van der Waals surface area contributed by atoms with Crippen molar-refractivity contribution >= 4 is 16.6 Å². The maximum Gasteiger partial charge on any atom is 0.163 e. The van der Waals surface area contributed by atoms with Crippen molar-refractivity contribution in [2.75, 3.05) is 45.8 Å². The van der Waals surface area contributed by atoms with Gasteiger partial charge in [0.15, 0.2) is 11.5 Å². The zero-order valence-corrected chi connectivity index (χ0v) is 17.5. The number of nitrogens with one attached hydrogen (secondary N) is 1. The molecule has 2 fully saturated rings. The molecule has 2 aliphatic carbocycles. The molecule has 2 heterocycles. The quantitative estimate of drug-likeness (QED) is 0.767. The fourth-order valence-electron chi connectivity index (χ4n) is 4.54. The molecule has 0 spiro atoms. The van der Waals surface area contributed by atoms with E-state index in [-0.39, 0.29) is 0 Å². The summed E-state index contributed by atoms with van der Waals surface area (Å²) in [5.41, 5.74) is 4.92. The first-order valence-corrected chi connectivity index (χ1v) is 11.0. The summed E-state index contributed by atoms with van der Waals surface area (Å²) in [6, 6.07) is 4.18. The molecule has 0 radical (unpaired) electrons. The number of aromatic nitrogens is 1. The highest BCUT2D eigenvalue weighted by Crippen LogP contribution is 2.40. The lowest BCUT2D eigenvalue weighted by Crippen LogP contribution is -2.35. The van der Waals surface area contributed by atoms with Crippen molar-refractivity contribution in [2.24, 2.45) is 11.8 Å². The van der Waals surface area contributed by atoms with E-state index in [0.29, 0.717) is 12.5 Å². The normalized spacial score (nSPS) is 21.9. The minimum Gasteiger partial charge on any atom is -0.493 e. The summed E-state index contributed by atoms with van der Waals surface area (Å²) in [5.74, 6) is 2.86. The first-order chi connectivity index (χ1) is 14.2. The summed E-state index contributed by atoms with van der Waals surface area (Å²) >= 11 is 0. The summed E-state index contributed by atoms with van der Waals surface area (Å²) in [5, 5.41) is 6.81. The van der Waals surface area contributed by atoms with Gasteiger partial charge in [0.2, 0.25) is 0 Å². The molecule has 29 heavy (non-hydrogen) atoms. The Morgan fingerprint density at radius 2 is 2.07 bits per heavy atom. The molecule has 1 aliphatic heterocycles. The van der Waals surface area contributed by atoms with Crippen molar-refractivity contribution in [3.8, 4) is 11.5 Å². The van der Waals surface area contributed by atoms with Gasteiger partial charge in [-0.3, -0.25) is 9.82 Å². The molecule has 156 valence electrons. The van der Waals surface area contributed by atoms with Crippen LogP contribution in [0.5, 0.6) is 11.5 Å². The van der Waals surface area contributed by atoms with E-state index in [4.69, 9.17) is 19.3 Å². The van der Waals surface area contributed by atoms with Crippen LogP contribution < -0.4 is 14.8 Å². The predicted octanol–water partition coefficient (Wildman–Crippen LogP) is 3.82. The third-order valence-corrected chi connectivity index (χ3v) is 6.39. The van der Waals surface area contributed by atoms with Crippen LogP contribution in [0, 0.1) is 11.8 Å². The Kier molecular flexibility index (Phi) is 5.22. The van der Waals surface area contributed by atoms with Gasteiger partial charge in [-0.05, 0) is 56.1 Å². The molecule has 3 aliphatic rings. The summed E-state index contributed by atoms with van der Waals surface area (Å²) in [6.45, 7) is 3.36. The molecule has 2 aromatic rings. The number of hydrogen-bond donors (Lipinski definition) is 1. The van der Waals surface area contributed by atoms with Crippen molar-refractivity contribution in [3.63, 3.8) is 0 Å². The number of hydrogen-bond acceptors (Lipinski definition) is 6. The third-order valence-electron chi connectivity index (χ3n) is 6.39. The molecule has 5 rings (SSSR count). The highest BCUT2D eigenvalue weighted by Gasteiger charge is 2.25. The van der Waals surface area contributed by atoms with Gasteiger partial charge >= 0.3 is 0 Å². The van der Waals surface area contributed by atoms with Crippen LogP contribution >= 0.6 is 0 Å². The van der Waals surface area contributed by atoms with Gasteiger partial charge in [0.25, 0.3) is 0 Å². The topological polar surface area (TPSA) is 55.9 Å². The SMILES string of the molecule is COc1cc2c(NCC3CC3)c3c(nc2cc1OCC1CCON(C)C1)CCC3. The molecule has 0 amide bonds. The maximum absolute atomic E-state index is 6.22. The van der Waals surface area contributed by atoms with E-state index >= 15 is 0 Å². The monoisotopic (exact) mass is 397 g/mol. The molecule has 1 aromatic heterocycles. The van der Waals surface area contributed by atoms with E-state index < -0.39 is 0 Å². The van der Waals surface area contributed by atoms with Crippen LogP contribution in [0.2, 0.25) is 0 Å². The van der Waals surface area contributed by atoms with Gasteiger partial charge in [-0.25, -0.2) is 0 Å². The van der Waals surface area contributed by atoms with Gasteiger partial charge < -0.3 is 14.8 Å². The van der Waals surface area contributed by atoms with Gasteiger partial charge in [0.05, 0.1) is 25.8 Å². The van der Waals surface area contributed by atoms with Gasteiger partial charge in [0.1, 0.15) is 0 Å². The average molecular weight is 398 g/mol. The summed E-state index contributed by atoms with van der Waals surface area (Å²) in [7, 11) is 3.69. The highest BCUT2D eigenvalue weighted by molar-refractivity contribution is 5.96. The Bertz CT molecular complexity index is 897. The second kappa shape index (κ2) is 8.00. The standard InChI is InChI=1S/C23H31N3O3/c1-26-13-16(8-9-29-26)14-28-22-11-20-18(10-21(22)27-2)23(24-12-15-6-7-15)17-4-3-5-19(17)25-20/h10-11,15-16H,3-9,12-14H2,1-2H3,(H,24,25). The van der Waals surface area contributed by atoms with E-state index in [1.807, 2.05) is 12.1 Å². The van der Waals surface area contributed by atoms with Crippen LogP contribution in [0.4, 0.5) is 5.69 Å². The number of benzene rings is 1. The smallest absolute Gasteiger partial charge is 0.163 e. The third kappa shape index (κ3) is 4.01. The molecule has 1 atom stereocenters. The van der Waals surface area contributed by atoms with Crippen molar-refractivity contribution in [3.05, 3.63) is 23.4 Å². The van der Waals surface area contributed by atoms with Crippen LogP contribution in [0.15, 0.2) is 12.1 Å². The van der Waals surface area contributed by atoms with E-state index in [9.17, 15) is 0 Å². The molecular formula is C23H31N3O3. The molecule has 1 N–H and O–H groups in total. The van der Waals surface area contributed by atoms with Crippen molar-refractivity contribution in [2.45, 2.75) is 38.5 Å². The summed E-state index contributed by atoms with van der Waals surface area (Å²) < 4.78 is 11.9. The van der Waals surface area contributed by atoms with E-state index in [0.717, 1.165) is 67.3 Å². The molecule has 1 aromatic carbocycles. The van der Waals surface area contributed by atoms with Gasteiger partial charge in [-0.1, -0.05) is 0 Å². The second-order valence-corrected chi connectivity index (χ2v) is 8.72. The van der Waals surface area contributed by atoms with Gasteiger partial charge in [-0.15, -0.1) is 0 Å². The molecule has 1 saturated heterocycles. The number of hydroxylamine groups is 2. The Hall–Kier alpha value is -2.05. The predicted molar refractivity (Wildman–Crippen MR) is 114 cm³/mol. The first-order valence-electron chi connectivity index (χ1n) is 11.0. The summed E-state index contributed by atoms with van der Waals surface area (Å²) in [4.78, 5) is 10.5. The minimum absolute atomic E-state index is 0.456. The number of rotatable bonds is 7. The van der Waals surface area contributed by atoms with Crippen LogP contribution in [0.3, 0.4) is 0 Å². The number of aryl methyl sites for hydroxylation is 1. The molecule has 6 nitrogen and oxygen atoms in total. The number of methoxy groups -OCH3 is 1. The molecule has 1 saturated carbocycles. The molecule has 0 bridgehead atoms. The van der Waals surface area contributed by atoms with E-state index in [1.165, 1.54) is 36.2 Å². The van der Waals surface area contributed by atoms with Crippen molar-refractivity contribution in [1.82, 2.24) is 10.0 Å². The fraction of sp³-hybridized carbons (Fsp3) is 0.609. The summed E-state index contributed by atoms with van der Waals surface area (Å²) in [6.07, 6.45) is 7.08. The Balaban J connectivity index is 1.45. The highest BCUT2D eigenvalue weighted by atomic mass is 16.7. The van der Waals surface area contributed by atoms with Crippen molar-refractivity contribution in [1.29, 1.82) is 0 Å². The molecule has 1 unspecified atom stereocenters. The lowest BCUT2D eigenvalue weighted by Gasteiger charge is -2.29. The lowest BCUT2D eigenvalue weighted by molar-refractivity contribution is -0.179. The number of fused-ring (bicyclic) bond motifs is 2. The van der Waals surface area contributed by atoms with Crippen LogP contribution in [-0.4, -0.2) is 50.5 Å². The van der Waals surface area contributed by atoms with Crippen molar-refractivity contribution < 1.29 is 14.3 Å². The number of pyridine rings is 1. The van der Waals surface area contributed by atoms with Crippen LogP contribution in [0.1, 0.15) is 36.9 Å². The second-order valence-electron chi connectivity index (χ2n) is 8.72. The van der Waals surface area contributed by atoms with E-state index in [2.05, 4.69) is 17.4 Å².